The first-order chi connectivity index (χ1) is 8.58. The van der Waals surface area contributed by atoms with Crippen molar-refractivity contribution in [1.82, 2.24) is 15.5 Å². The van der Waals surface area contributed by atoms with Crippen LogP contribution in [-0.2, 0) is 14.3 Å². The fraction of sp³-hybridized carbons (Fsp3) is 0.727. The van der Waals surface area contributed by atoms with Crippen LogP contribution in [-0.4, -0.2) is 56.6 Å². The minimum Gasteiger partial charge on any atom is -0.453 e. The Kier molecular flexibility index (Phi) is 5.41. The third kappa shape index (κ3) is 3.90. The van der Waals surface area contributed by atoms with E-state index >= 15 is 0 Å². The summed E-state index contributed by atoms with van der Waals surface area (Å²) in [4.78, 5) is 35.1. The molecule has 102 valence electrons. The number of likely N-dealkylation sites (N-methyl/N-ethyl adjacent to an activating group) is 1. The van der Waals surface area contributed by atoms with Crippen molar-refractivity contribution in [3.8, 4) is 0 Å². The Hall–Kier alpha value is -1.79. The predicted molar refractivity (Wildman–Crippen MR) is 63.8 cm³/mol. The lowest BCUT2D eigenvalue weighted by Crippen LogP contribution is -2.44. The summed E-state index contributed by atoms with van der Waals surface area (Å²) in [6, 6.07) is 0. The first kappa shape index (κ1) is 14.3. The van der Waals surface area contributed by atoms with E-state index in [1.807, 2.05) is 0 Å². The van der Waals surface area contributed by atoms with Crippen molar-refractivity contribution in [2.75, 3.05) is 33.8 Å². The number of carbonyl (C=O) groups is 3. The van der Waals surface area contributed by atoms with Gasteiger partial charge in [0.25, 0.3) is 0 Å². The Morgan fingerprint density at radius 3 is 2.33 bits per heavy atom. The molecule has 0 saturated carbocycles. The average molecular weight is 257 g/mol. The van der Waals surface area contributed by atoms with Crippen molar-refractivity contribution in [1.29, 1.82) is 0 Å². The lowest BCUT2D eigenvalue weighted by atomic mass is 9.97. The maximum absolute atomic E-state index is 11.2. The van der Waals surface area contributed by atoms with Crippen molar-refractivity contribution < 1.29 is 19.1 Å². The highest BCUT2D eigenvalue weighted by Gasteiger charge is 2.23. The van der Waals surface area contributed by atoms with Crippen LogP contribution in [0.15, 0.2) is 0 Å². The van der Waals surface area contributed by atoms with Gasteiger partial charge in [0.1, 0.15) is 0 Å². The molecule has 1 fully saturated rings. The number of hydrogen-bond donors (Lipinski definition) is 2. The molecule has 0 aliphatic carbocycles. The van der Waals surface area contributed by atoms with Gasteiger partial charge in [0, 0.05) is 26.7 Å². The van der Waals surface area contributed by atoms with E-state index in [1.165, 1.54) is 14.2 Å². The second-order valence-electron chi connectivity index (χ2n) is 4.19. The van der Waals surface area contributed by atoms with E-state index in [1.54, 1.807) is 4.90 Å². The molecular formula is C11H19N3O4. The molecule has 0 atom stereocenters. The summed E-state index contributed by atoms with van der Waals surface area (Å²) >= 11 is 0. The first-order valence-corrected chi connectivity index (χ1v) is 5.91. The van der Waals surface area contributed by atoms with E-state index < -0.39 is 11.8 Å². The molecule has 3 amide bonds. The van der Waals surface area contributed by atoms with E-state index in [0.717, 1.165) is 12.8 Å². The normalized spacial score (nSPS) is 16.0. The van der Waals surface area contributed by atoms with Gasteiger partial charge in [-0.2, -0.15) is 0 Å². The number of methoxy groups -OCH3 is 1. The topological polar surface area (TPSA) is 87.7 Å². The van der Waals surface area contributed by atoms with E-state index in [2.05, 4.69) is 15.4 Å². The number of amides is 3. The van der Waals surface area contributed by atoms with Crippen LogP contribution in [0.4, 0.5) is 4.79 Å². The Bertz CT molecular complexity index is 324. The summed E-state index contributed by atoms with van der Waals surface area (Å²) < 4.78 is 4.63. The highest BCUT2D eigenvalue weighted by Crippen LogP contribution is 2.16. The molecule has 1 aliphatic heterocycles. The van der Waals surface area contributed by atoms with Crippen LogP contribution >= 0.6 is 0 Å². The lowest BCUT2D eigenvalue weighted by Gasteiger charge is -2.30. The number of likely N-dealkylation sites (tertiary alicyclic amines) is 1. The molecule has 0 radical (unpaired) electrons. The Morgan fingerprint density at radius 1 is 1.22 bits per heavy atom. The van der Waals surface area contributed by atoms with Gasteiger partial charge in [-0.3, -0.25) is 9.59 Å². The van der Waals surface area contributed by atoms with Crippen LogP contribution in [0, 0.1) is 5.92 Å². The molecule has 7 nitrogen and oxygen atoms in total. The van der Waals surface area contributed by atoms with Gasteiger partial charge in [0.2, 0.25) is 0 Å². The monoisotopic (exact) mass is 257 g/mol. The Labute approximate surface area is 106 Å². The highest BCUT2D eigenvalue weighted by molar-refractivity contribution is 6.34. The molecule has 0 spiro atoms. The summed E-state index contributed by atoms with van der Waals surface area (Å²) in [7, 11) is 2.77. The van der Waals surface area contributed by atoms with Crippen molar-refractivity contribution in [2.24, 2.45) is 5.92 Å². The molecule has 18 heavy (non-hydrogen) atoms. The minimum absolute atomic E-state index is 0.291. The van der Waals surface area contributed by atoms with Crippen LogP contribution in [0.2, 0.25) is 0 Å². The molecule has 1 aliphatic rings. The van der Waals surface area contributed by atoms with Crippen molar-refractivity contribution in [3.63, 3.8) is 0 Å². The summed E-state index contributed by atoms with van der Waals surface area (Å²) in [6.45, 7) is 1.70. The number of nitrogens with one attached hydrogen (secondary N) is 2. The molecule has 0 aromatic heterocycles. The van der Waals surface area contributed by atoms with E-state index in [4.69, 9.17) is 0 Å². The Balaban J connectivity index is 2.26. The fourth-order valence-corrected chi connectivity index (χ4v) is 1.88. The molecule has 0 bridgehead atoms. The number of hydrogen-bond acceptors (Lipinski definition) is 4. The second-order valence-corrected chi connectivity index (χ2v) is 4.19. The summed E-state index contributed by atoms with van der Waals surface area (Å²) in [6.07, 6.45) is 1.27. The molecular weight excluding hydrogens is 238 g/mol. The zero-order chi connectivity index (χ0) is 13.5. The van der Waals surface area contributed by atoms with Gasteiger partial charge >= 0.3 is 17.9 Å². The summed E-state index contributed by atoms with van der Waals surface area (Å²) in [5.74, 6) is -0.964. The van der Waals surface area contributed by atoms with Gasteiger partial charge in [-0.15, -0.1) is 0 Å². The number of rotatable bonds is 2. The molecule has 1 heterocycles. The SMILES string of the molecule is CNC(=O)C(=O)NCC1CCN(C(=O)OC)CC1. The van der Waals surface area contributed by atoms with Gasteiger partial charge in [0.05, 0.1) is 7.11 Å². The van der Waals surface area contributed by atoms with Gasteiger partial charge in [-0.25, -0.2) is 4.79 Å². The number of ether oxygens (including phenoxy) is 1. The largest absolute Gasteiger partial charge is 0.453 e. The van der Waals surface area contributed by atoms with Crippen LogP contribution in [0.25, 0.3) is 0 Å². The van der Waals surface area contributed by atoms with Gasteiger partial charge < -0.3 is 20.3 Å². The zero-order valence-corrected chi connectivity index (χ0v) is 10.7. The highest BCUT2D eigenvalue weighted by atomic mass is 16.5. The van der Waals surface area contributed by atoms with Crippen LogP contribution in [0.1, 0.15) is 12.8 Å². The molecule has 0 aromatic carbocycles. The maximum atomic E-state index is 11.2. The third-order valence-electron chi connectivity index (χ3n) is 3.03. The molecule has 1 rings (SSSR count). The van der Waals surface area contributed by atoms with Crippen LogP contribution < -0.4 is 10.6 Å². The lowest BCUT2D eigenvalue weighted by molar-refractivity contribution is -0.139. The van der Waals surface area contributed by atoms with E-state index in [-0.39, 0.29) is 6.09 Å². The van der Waals surface area contributed by atoms with Crippen molar-refractivity contribution >= 4 is 17.9 Å². The molecule has 7 heteroatoms. The number of carbonyl (C=O) groups excluding carboxylic acids is 3. The van der Waals surface area contributed by atoms with Crippen LogP contribution in [0.3, 0.4) is 0 Å². The minimum atomic E-state index is -0.637. The average Bonchev–Trinajstić information content (AvgIpc) is 2.43. The summed E-state index contributed by atoms with van der Waals surface area (Å²) in [5, 5.41) is 4.84. The second kappa shape index (κ2) is 6.83. The molecule has 1 saturated heterocycles. The van der Waals surface area contributed by atoms with Gasteiger partial charge in [0.15, 0.2) is 0 Å². The number of nitrogens with zero attached hydrogens (tertiary/aromatic N) is 1. The molecule has 0 aromatic rings. The first-order valence-electron chi connectivity index (χ1n) is 5.91. The quantitative estimate of drug-likeness (QED) is 0.642. The Morgan fingerprint density at radius 2 is 1.83 bits per heavy atom. The predicted octanol–water partition coefficient (Wildman–Crippen LogP) is -0.673. The van der Waals surface area contributed by atoms with E-state index in [9.17, 15) is 14.4 Å². The van der Waals surface area contributed by atoms with Gasteiger partial charge in [-0.05, 0) is 18.8 Å². The van der Waals surface area contributed by atoms with Crippen molar-refractivity contribution in [2.45, 2.75) is 12.8 Å². The van der Waals surface area contributed by atoms with Gasteiger partial charge in [-0.1, -0.05) is 0 Å². The molecule has 0 unspecified atom stereocenters. The summed E-state index contributed by atoms with van der Waals surface area (Å²) in [5.41, 5.74) is 0. The zero-order valence-electron chi connectivity index (χ0n) is 10.7. The third-order valence-corrected chi connectivity index (χ3v) is 3.03. The van der Waals surface area contributed by atoms with E-state index in [0.29, 0.717) is 25.6 Å². The van der Waals surface area contributed by atoms with Crippen molar-refractivity contribution in [3.05, 3.63) is 0 Å². The maximum Gasteiger partial charge on any atom is 0.409 e. The smallest absolute Gasteiger partial charge is 0.409 e. The number of piperidine rings is 1. The molecule has 2 N–H and O–H groups in total. The van der Waals surface area contributed by atoms with Crippen LogP contribution in [0.5, 0.6) is 0 Å². The standard InChI is InChI=1S/C11H19N3O4/c1-12-9(15)10(16)13-7-8-3-5-14(6-4-8)11(17)18-2/h8H,3-7H2,1-2H3,(H,12,15)(H,13,16). The fourth-order valence-electron chi connectivity index (χ4n) is 1.88.